The summed E-state index contributed by atoms with van der Waals surface area (Å²) in [5, 5.41) is 0. The number of hydrogen-bond acceptors (Lipinski definition) is 11. The summed E-state index contributed by atoms with van der Waals surface area (Å²) in [6, 6.07) is 11.9. The van der Waals surface area contributed by atoms with Crippen molar-refractivity contribution in [2.45, 2.75) is 70.7 Å². The molecule has 1 saturated heterocycles. The Labute approximate surface area is 276 Å². The highest BCUT2D eigenvalue weighted by atomic mass is 32.2. The van der Waals surface area contributed by atoms with E-state index in [9.17, 15) is 18.0 Å². The van der Waals surface area contributed by atoms with Crippen LogP contribution in [0.25, 0.3) is 6.08 Å². The fraction of sp³-hybridized carbons (Fsp3) is 0.486. The second kappa shape index (κ2) is 15.9. The lowest BCUT2D eigenvalue weighted by Crippen LogP contribution is -2.37. The average Bonchev–Trinajstić information content (AvgIpc) is 3.33. The summed E-state index contributed by atoms with van der Waals surface area (Å²) in [4.78, 5) is 26.9. The quantitative estimate of drug-likeness (QED) is 0.139. The Morgan fingerprint density at radius 1 is 1.04 bits per heavy atom. The zero-order chi connectivity index (χ0) is 34.2. The second-order valence-corrected chi connectivity index (χ2v) is 14.4. The lowest BCUT2D eigenvalue weighted by molar-refractivity contribution is -0.152. The van der Waals surface area contributed by atoms with Crippen LogP contribution in [0.15, 0.2) is 60.7 Å². The first-order valence-corrected chi connectivity index (χ1v) is 17.6. The third-order valence-corrected chi connectivity index (χ3v) is 8.70. The fourth-order valence-corrected chi connectivity index (χ4v) is 5.84. The molecule has 0 spiro atoms. The number of fused-ring (bicyclic) bond motifs is 2. The van der Waals surface area contributed by atoms with E-state index in [0.29, 0.717) is 23.3 Å². The van der Waals surface area contributed by atoms with Crippen LogP contribution >= 0.6 is 0 Å². The van der Waals surface area contributed by atoms with Gasteiger partial charge >= 0.3 is 11.9 Å². The summed E-state index contributed by atoms with van der Waals surface area (Å²) >= 11 is 0. The number of benzene rings is 2. The average molecular weight is 673 g/mol. The van der Waals surface area contributed by atoms with Crippen LogP contribution in [0.1, 0.15) is 66.8 Å². The highest BCUT2D eigenvalue weighted by Gasteiger charge is 2.45. The van der Waals surface area contributed by atoms with Gasteiger partial charge in [-0.1, -0.05) is 43.4 Å². The van der Waals surface area contributed by atoms with Crippen molar-refractivity contribution in [3.8, 4) is 11.5 Å². The first kappa shape index (κ1) is 36.1. The summed E-state index contributed by atoms with van der Waals surface area (Å²) in [6.07, 6.45) is 6.44. The fourth-order valence-electron chi connectivity index (χ4n) is 5.20. The van der Waals surface area contributed by atoms with E-state index < -0.39 is 52.0 Å². The molecule has 0 radical (unpaired) electrons. The second-order valence-electron chi connectivity index (χ2n) is 12.1. The van der Waals surface area contributed by atoms with E-state index in [1.165, 1.54) is 13.4 Å². The van der Waals surface area contributed by atoms with Gasteiger partial charge in [-0.3, -0.25) is 0 Å². The summed E-state index contributed by atoms with van der Waals surface area (Å²) in [7, 11) is -1.68. The first-order valence-electron chi connectivity index (χ1n) is 15.5. The zero-order valence-electron chi connectivity index (χ0n) is 27.7. The maximum Gasteiger partial charge on any atom is 0.342 e. The number of hydrogen-bond donors (Lipinski definition) is 0. The molecule has 0 N–H and O–H groups in total. The van der Waals surface area contributed by atoms with Crippen molar-refractivity contribution in [2.75, 3.05) is 32.5 Å². The van der Waals surface area contributed by atoms with Crippen molar-refractivity contribution in [2.24, 2.45) is 5.92 Å². The molecule has 256 valence electrons. The molecular formula is C35H44O11S. The molecule has 2 aromatic rings. The zero-order valence-corrected chi connectivity index (χ0v) is 28.5. The number of cyclic esters (lactones) is 1. The van der Waals surface area contributed by atoms with Crippen molar-refractivity contribution in [1.29, 1.82) is 0 Å². The van der Waals surface area contributed by atoms with E-state index in [4.69, 9.17) is 33.2 Å². The Kier molecular flexibility index (Phi) is 12.2. The SMILES string of the molecule is COCOc1cc(OCCCS(C)(=O)=O)cc2c1C(=O)O[C@@H](C)[C@H](C)C=CC(OC(=O)c1ccccc1)C1OC(C)(C)OC1CC=C2. The molecule has 2 aliphatic rings. The molecule has 0 amide bonds. The Morgan fingerprint density at radius 2 is 1.79 bits per heavy atom. The summed E-state index contributed by atoms with van der Waals surface area (Å²) < 4.78 is 64.5. The van der Waals surface area contributed by atoms with E-state index in [2.05, 4.69) is 0 Å². The van der Waals surface area contributed by atoms with Crippen LogP contribution in [0.5, 0.6) is 11.5 Å². The van der Waals surface area contributed by atoms with Crippen LogP contribution in [0.2, 0.25) is 0 Å². The summed E-state index contributed by atoms with van der Waals surface area (Å²) in [5.74, 6) is -1.82. The number of esters is 2. The van der Waals surface area contributed by atoms with Crippen LogP contribution in [0, 0.1) is 5.92 Å². The normalized spacial score (nSPS) is 24.4. The van der Waals surface area contributed by atoms with Gasteiger partial charge in [0.1, 0.15) is 45.2 Å². The predicted octanol–water partition coefficient (Wildman–Crippen LogP) is 5.38. The molecule has 0 aromatic heterocycles. The van der Waals surface area contributed by atoms with Gasteiger partial charge in [0, 0.05) is 25.3 Å². The van der Waals surface area contributed by atoms with Gasteiger partial charge in [-0.2, -0.15) is 0 Å². The molecule has 5 atom stereocenters. The molecule has 3 unspecified atom stereocenters. The maximum atomic E-state index is 13.7. The standard InChI is InChI=1S/C35H44O11S/c1-23-16-17-28(44-33(36)25-12-8-7-9-13-25)32-29(45-35(3,4)46-32)15-10-14-26-20-27(41-18-11-19-47(6,38)39)21-30(42-22-40-5)31(26)34(37)43-24(23)2/h7-10,12-14,16-17,20-21,23-24,28-29,32H,11,15,18-19,22H2,1-6H3/t23-,24+,28?,29?,32?/m1/s1. The number of carbonyl (C=O) groups is 2. The number of sulfone groups is 1. The smallest absolute Gasteiger partial charge is 0.342 e. The van der Waals surface area contributed by atoms with E-state index in [1.807, 2.05) is 25.1 Å². The van der Waals surface area contributed by atoms with Gasteiger partial charge in [0.15, 0.2) is 12.6 Å². The molecule has 0 bridgehead atoms. The Hall–Kier alpha value is -3.71. The number of rotatable bonds is 10. The molecule has 12 heteroatoms. The highest BCUT2D eigenvalue weighted by Crippen LogP contribution is 2.36. The van der Waals surface area contributed by atoms with Crippen molar-refractivity contribution in [3.05, 3.63) is 77.4 Å². The topological polar surface area (TPSA) is 133 Å². The molecular weight excluding hydrogens is 628 g/mol. The third kappa shape index (κ3) is 10.4. The van der Waals surface area contributed by atoms with Gasteiger partial charge < -0.3 is 33.2 Å². The van der Waals surface area contributed by atoms with Crippen molar-refractivity contribution >= 4 is 27.9 Å². The van der Waals surface area contributed by atoms with Crippen LogP contribution in [0.3, 0.4) is 0 Å². The molecule has 0 saturated carbocycles. The number of methoxy groups -OCH3 is 1. The molecule has 2 aromatic carbocycles. The minimum atomic E-state index is -3.15. The van der Waals surface area contributed by atoms with E-state index >= 15 is 0 Å². The molecule has 1 fully saturated rings. The molecule has 0 aliphatic carbocycles. The van der Waals surface area contributed by atoms with Gasteiger partial charge in [0.05, 0.1) is 24.0 Å². The highest BCUT2D eigenvalue weighted by molar-refractivity contribution is 7.90. The van der Waals surface area contributed by atoms with Crippen LogP contribution in [0.4, 0.5) is 0 Å². The first-order chi connectivity index (χ1) is 22.3. The van der Waals surface area contributed by atoms with Crippen molar-refractivity contribution < 1.29 is 51.2 Å². The summed E-state index contributed by atoms with van der Waals surface area (Å²) in [6.45, 7) is 7.27. The van der Waals surface area contributed by atoms with Crippen molar-refractivity contribution in [1.82, 2.24) is 0 Å². The van der Waals surface area contributed by atoms with Gasteiger partial charge in [0.25, 0.3) is 0 Å². The van der Waals surface area contributed by atoms with Crippen LogP contribution in [-0.4, -0.2) is 83.1 Å². The van der Waals surface area contributed by atoms with E-state index in [-0.39, 0.29) is 42.8 Å². The number of carbonyl (C=O) groups excluding carboxylic acids is 2. The van der Waals surface area contributed by atoms with Gasteiger partial charge in [-0.05, 0) is 63.5 Å². The monoisotopic (exact) mass is 672 g/mol. The molecule has 11 nitrogen and oxygen atoms in total. The Morgan fingerprint density at radius 3 is 2.49 bits per heavy atom. The van der Waals surface area contributed by atoms with Gasteiger partial charge in [-0.15, -0.1) is 0 Å². The van der Waals surface area contributed by atoms with Crippen LogP contribution < -0.4 is 9.47 Å². The Bertz CT molecular complexity index is 1550. The van der Waals surface area contributed by atoms with Gasteiger partial charge in [0.2, 0.25) is 0 Å². The lowest BCUT2D eigenvalue weighted by Gasteiger charge is -2.25. The summed E-state index contributed by atoms with van der Waals surface area (Å²) in [5.41, 5.74) is 1.04. The lowest BCUT2D eigenvalue weighted by atomic mass is 9.98. The van der Waals surface area contributed by atoms with Crippen molar-refractivity contribution in [3.63, 3.8) is 0 Å². The van der Waals surface area contributed by atoms with Gasteiger partial charge in [-0.25, -0.2) is 18.0 Å². The minimum absolute atomic E-state index is 0.0235. The molecule has 2 aliphatic heterocycles. The maximum absolute atomic E-state index is 13.7. The molecule has 47 heavy (non-hydrogen) atoms. The molecule has 2 heterocycles. The Balaban J connectivity index is 1.71. The van der Waals surface area contributed by atoms with Crippen LogP contribution in [-0.2, 0) is 33.5 Å². The minimum Gasteiger partial charge on any atom is -0.493 e. The van der Waals surface area contributed by atoms with E-state index in [0.717, 1.165) is 0 Å². The predicted molar refractivity (Wildman–Crippen MR) is 175 cm³/mol. The number of ether oxygens (including phenoxy) is 7. The van der Waals surface area contributed by atoms with E-state index in [1.54, 1.807) is 69.3 Å². The largest absolute Gasteiger partial charge is 0.493 e. The molecule has 4 rings (SSSR count). The third-order valence-electron chi connectivity index (χ3n) is 7.67.